The highest BCUT2D eigenvalue weighted by atomic mass is 35.5. The molecule has 0 bridgehead atoms. The molecule has 10 heteroatoms. The van der Waals surface area contributed by atoms with Gasteiger partial charge in [0.15, 0.2) is 0 Å². The Morgan fingerprint density at radius 2 is 1.93 bits per heavy atom. The van der Waals surface area contributed by atoms with Crippen LogP contribution in [0.4, 0.5) is 24.7 Å². The van der Waals surface area contributed by atoms with E-state index in [1.807, 2.05) is 0 Å². The molecule has 0 radical (unpaired) electrons. The number of nitrogens with zero attached hydrogens (tertiary/aromatic N) is 2. The number of carbonyl (C=O) groups excluding carboxylic acids is 1. The van der Waals surface area contributed by atoms with Gasteiger partial charge in [0.05, 0.1) is 16.3 Å². The first kappa shape index (κ1) is 19.7. The van der Waals surface area contributed by atoms with Crippen LogP contribution in [0.2, 0.25) is 5.02 Å². The van der Waals surface area contributed by atoms with E-state index < -0.39 is 22.7 Å². The van der Waals surface area contributed by atoms with Gasteiger partial charge in [-0.15, -0.1) is 0 Å². The zero-order valence-electron chi connectivity index (χ0n) is 14.5. The molecule has 0 fully saturated rings. The monoisotopic (exact) mass is 410 g/mol. The Hall–Kier alpha value is -3.07. The number of hydrogen-bond acceptors (Lipinski definition) is 5. The molecule has 3 rings (SSSR count). The van der Waals surface area contributed by atoms with Gasteiger partial charge in [-0.05, 0) is 42.8 Å². The van der Waals surface area contributed by atoms with Gasteiger partial charge in [0.25, 0.3) is 5.91 Å². The first-order valence-electron chi connectivity index (χ1n) is 8.03. The Balaban J connectivity index is 1.79. The Bertz CT molecular complexity index is 990. The van der Waals surface area contributed by atoms with Crippen LogP contribution >= 0.6 is 11.6 Å². The number of nitrogens with one attached hydrogen (secondary N) is 2. The fourth-order valence-electron chi connectivity index (χ4n) is 2.45. The van der Waals surface area contributed by atoms with E-state index in [1.54, 1.807) is 31.5 Å². The van der Waals surface area contributed by atoms with Crippen LogP contribution in [0.5, 0.6) is 0 Å². The van der Waals surface area contributed by atoms with Crippen LogP contribution in [0.25, 0.3) is 0 Å². The van der Waals surface area contributed by atoms with E-state index in [2.05, 4.69) is 20.8 Å². The average Bonchev–Trinajstić information content (AvgIpc) is 3.02. The summed E-state index contributed by atoms with van der Waals surface area (Å²) in [6.45, 7) is 1.90. The number of amides is 1. The molecule has 2 N–H and O–H groups in total. The minimum atomic E-state index is -4.64. The number of pyridine rings is 1. The van der Waals surface area contributed by atoms with E-state index in [-0.39, 0.29) is 17.1 Å². The standard InChI is InChI=1S/C18H14ClF3N4O2/c1-10-15(17(28-26-10)24-9-11-4-6-23-7-5-11)16(27)25-12-2-3-14(19)13(8-12)18(20,21)22/h2-8,24H,9H2,1H3,(H,25,27). The molecular formula is C18H14ClF3N4O2. The van der Waals surface area contributed by atoms with E-state index in [0.717, 1.165) is 17.7 Å². The summed E-state index contributed by atoms with van der Waals surface area (Å²) in [4.78, 5) is 16.5. The molecule has 0 saturated carbocycles. The van der Waals surface area contributed by atoms with Crippen molar-refractivity contribution in [1.29, 1.82) is 0 Å². The molecular weight excluding hydrogens is 397 g/mol. The Morgan fingerprint density at radius 3 is 2.61 bits per heavy atom. The number of rotatable bonds is 5. The highest BCUT2D eigenvalue weighted by molar-refractivity contribution is 6.31. The minimum Gasteiger partial charge on any atom is -0.349 e. The van der Waals surface area contributed by atoms with Crippen LogP contribution < -0.4 is 10.6 Å². The van der Waals surface area contributed by atoms with Gasteiger partial charge in [-0.2, -0.15) is 13.2 Å². The lowest BCUT2D eigenvalue weighted by molar-refractivity contribution is -0.137. The second-order valence-corrected chi connectivity index (χ2v) is 6.23. The highest BCUT2D eigenvalue weighted by Crippen LogP contribution is 2.36. The first-order valence-corrected chi connectivity index (χ1v) is 8.40. The molecule has 6 nitrogen and oxygen atoms in total. The summed E-state index contributed by atoms with van der Waals surface area (Å²) in [5.41, 5.74) is 0.188. The number of aromatic nitrogens is 2. The third kappa shape index (κ3) is 4.42. The Kier molecular flexibility index (Phi) is 5.55. The van der Waals surface area contributed by atoms with Crippen LogP contribution in [0.15, 0.2) is 47.2 Å². The van der Waals surface area contributed by atoms with Crippen molar-refractivity contribution in [3.63, 3.8) is 0 Å². The summed E-state index contributed by atoms with van der Waals surface area (Å²) in [7, 11) is 0. The fraction of sp³-hybridized carbons (Fsp3) is 0.167. The van der Waals surface area contributed by atoms with Gasteiger partial charge >= 0.3 is 6.18 Å². The van der Waals surface area contributed by atoms with Gasteiger partial charge in [0.2, 0.25) is 5.88 Å². The maximum Gasteiger partial charge on any atom is 0.417 e. The number of carbonyl (C=O) groups is 1. The van der Waals surface area contributed by atoms with Crippen molar-refractivity contribution in [2.75, 3.05) is 10.6 Å². The molecule has 0 atom stereocenters. The maximum absolute atomic E-state index is 13.0. The predicted octanol–water partition coefficient (Wildman–Crippen LogP) is 4.91. The average molecular weight is 411 g/mol. The highest BCUT2D eigenvalue weighted by Gasteiger charge is 2.33. The van der Waals surface area contributed by atoms with Crippen LogP contribution in [0.1, 0.15) is 27.2 Å². The molecule has 0 spiro atoms. The van der Waals surface area contributed by atoms with Crippen molar-refractivity contribution in [3.05, 3.63) is 70.1 Å². The van der Waals surface area contributed by atoms with Crippen LogP contribution in [0.3, 0.4) is 0 Å². The van der Waals surface area contributed by atoms with Crippen molar-refractivity contribution in [1.82, 2.24) is 10.1 Å². The summed E-state index contributed by atoms with van der Waals surface area (Å²) < 4.78 is 44.1. The molecule has 28 heavy (non-hydrogen) atoms. The summed E-state index contributed by atoms with van der Waals surface area (Å²) in [5.74, 6) is -0.553. The quantitative estimate of drug-likeness (QED) is 0.624. The topological polar surface area (TPSA) is 80.1 Å². The molecule has 1 amide bonds. The Morgan fingerprint density at radius 1 is 1.21 bits per heavy atom. The van der Waals surface area contributed by atoms with Crippen molar-refractivity contribution in [3.8, 4) is 0 Å². The van der Waals surface area contributed by atoms with E-state index >= 15 is 0 Å². The largest absolute Gasteiger partial charge is 0.417 e. The Labute approximate surface area is 162 Å². The van der Waals surface area contributed by atoms with Crippen molar-refractivity contribution < 1.29 is 22.5 Å². The third-order valence-electron chi connectivity index (χ3n) is 3.82. The van der Waals surface area contributed by atoms with Gasteiger partial charge in [0.1, 0.15) is 5.56 Å². The van der Waals surface area contributed by atoms with Gasteiger partial charge in [0, 0.05) is 24.6 Å². The molecule has 146 valence electrons. The number of halogens is 4. The lowest BCUT2D eigenvalue weighted by atomic mass is 10.1. The van der Waals surface area contributed by atoms with Crippen molar-refractivity contribution in [2.45, 2.75) is 19.6 Å². The summed E-state index contributed by atoms with van der Waals surface area (Å²) in [6, 6.07) is 6.68. The van der Waals surface area contributed by atoms with Gasteiger partial charge in [-0.1, -0.05) is 16.8 Å². The van der Waals surface area contributed by atoms with Gasteiger partial charge in [-0.3, -0.25) is 9.78 Å². The van der Waals surface area contributed by atoms with Crippen molar-refractivity contribution >= 4 is 29.1 Å². The molecule has 1 aromatic carbocycles. The molecule has 0 aliphatic heterocycles. The van der Waals surface area contributed by atoms with E-state index in [0.29, 0.717) is 12.2 Å². The zero-order chi connectivity index (χ0) is 20.3. The second-order valence-electron chi connectivity index (χ2n) is 5.83. The molecule has 2 aromatic heterocycles. The summed E-state index contributed by atoms with van der Waals surface area (Å²) >= 11 is 5.59. The first-order chi connectivity index (χ1) is 13.3. The minimum absolute atomic E-state index is 0.0533. The van der Waals surface area contributed by atoms with Crippen LogP contribution in [-0.4, -0.2) is 16.0 Å². The predicted molar refractivity (Wildman–Crippen MR) is 97.2 cm³/mol. The summed E-state index contributed by atoms with van der Waals surface area (Å²) in [6.07, 6.45) is -1.40. The van der Waals surface area contributed by atoms with E-state index in [1.165, 1.54) is 6.07 Å². The third-order valence-corrected chi connectivity index (χ3v) is 4.15. The molecule has 3 aromatic rings. The summed E-state index contributed by atoms with van der Waals surface area (Å²) in [5, 5.41) is 8.66. The molecule has 0 saturated heterocycles. The van der Waals surface area contributed by atoms with Crippen LogP contribution in [0, 0.1) is 6.92 Å². The maximum atomic E-state index is 13.0. The van der Waals surface area contributed by atoms with E-state index in [9.17, 15) is 18.0 Å². The van der Waals surface area contributed by atoms with Crippen LogP contribution in [-0.2, 0) is 12.7 Å². The molecule has 0 aliphatic rings. The van der Waals surface area contributed by atoms with Crippen molar-refractivity contribution in [2.24, 2.45) is 0 Å². The number of benzene rings is 1. The lowest BCUT2D eigenvalue weighted by Crippen LogP contribution is -2.16. The number of alkyl halides is 3. The number of hydrogen-bond donors (Lipinski definition) is 2. The number of anilines is 2. The SMILES string of the molecule is Cc1noc(NCc2ccncc2)c1C(=O)Nc1ccc(Cl)c(C(F)(F)F)c1. The lowest BCUT2D eigenvalue weighted by Gasteiger charge is -2.12. The fourth-order valence-corrected chi connectivity index (χ4v) is 2.68. The molecule has 0 unspecified atom stereocenters. The second kappa shape index (κ2) is 7.89. The van der Waals surface area contributed by atoms with Gasteiger partial charge in [-0.25, -0.2) is 0 Å². The van der Waals surface area contributed by atoms with Gasteiger partial charge < -0.3 is 15.2 Å². The normalized spacial score (nSPS) is 11.3. The number of aryl methyl sites for hydroxylation is 1. The molecule has 2 heterocycles. The van der Waals surface area contributed by atoms with E-state index in [4.69, 9.17) is 16.1 Å². The zero-order valence-corrected chi connectivity index (χ0v) is 15.2. The smallest absolute Gasteiger partial charge is 0.349 e. The molecule has 0 aliphatic carbocycles.